The Balaban J connectivity index is 2.24. The molecule has 18 heavy (non-hydrogen) atoms. The first-order valence-corrected chi connectivity index (χ1v) is 6.55. The van der Waals surface area contributed by atoms with Gasteiger partial charge in [0.1, 0.15) is 5.76 Å². The lowest BCUT2D eigenvalue weighted by molar-refractivity contribution is 0.523. The molecule has 0 spiro atoms. The van der Waals surface area contributed by atoms with Gasteiger partial charge in [0.15, 0.2) is 0 Å². The predicted octanol–water partition coefficient (Wildman–Crippen LogP) is 2.89. The highest BCUT2D eigenvalue weighted by Gasteiger charge is 2.17. The molecule has 1 N–H and O–H groups in total. The van der Waals surface area contributed by atoms with Gasteiger partial charge in [-0.05, 0) is 32.9 Å². The Labute approximate surface area is 108 Å². The maximum Gasteiger partial charge on any atom is 0.101 e. The van der Waals surface area contributed by atoms with Crippen LogP contribution in [0.5, 0.6) is 0 Å². The van der Waals surface area contributed by atoms with Crippen LogP contribution >= 0.6 is 0 Å². The lowest BCUT2D eigenvalue weighted by Gasteiger charge is -2.15. The fourth-order valence-electron chi connectivity index (χ4n) is 2.03. The second kappa shape index (κ2) is 5.87. The monoisotopic (exact) mass is 247 g/mol. The molecule has 4 nitrogen and oxygen atoms in total. The average molecular weight is 247 g/mol. The van der Waals surface area contributed by atoms with Crippen molar-refractivity contribution in [2.45, 2.75) is 39.8 Å². The molecule has 0 amide bonds. The summed E-state index contributed by atoms with van der Waals surface area (Å²) >= 11 is 0. The SMILES string of the molecule is CCCNC(c1coc(C)c1)c1cnn(CC)c1. The van der Waals surface area contributed by atoms with Crippen molar-refractivity contribution in [1.82, 2.24) is 15.1 Å². The van der Waals surface area contributed by atoms with E-state index in [0.29, 0.717) is 0 Å². The molecule has 0 radical (unpaired) electrons. The third-order valence-corrected chi connectivity index (χ3v) is 2.99. The van der Waals surface area contributed by atoms with Crippen molar-refractivity contribution in [2.75, 3.05) is 6.54 Å². The van der Waals surface area contributed by atoms with Crippen molar-refractivity contribution in [3.05, 3.63) is 41.6 Å². The van der Waals surface area contributed by atoms with Gasteiger partial charge >= 0.3 is 0 Å². The molecular formula is C14H21N3O. The molecule has 0 saturated heterocycles. The fourth-order valence-corrected chi connectivity index (χ4v) is 2.03. The number of nitrogens with one attached hydrogen (secondary N) is 1. The smallest absolute Gasteiger partial charge is 0.101 e. The van der Waals surface area contributed by atoms with Crippen molar-refractivity contribution in [2.24, 2.45) is 0 Å². The molecule has 0 aliphatic carbocycles. The molecular weight excluding hydrogens is 226 g/mol. The van der Waals surface area contributed by atoms with E-state index in [0.717, 1.165) is 30.8 Å². The lowest BCUT2D eigenvalue weighted by atomic mass is 10.0. The molecule has 4 heteroatoms. The van der Waals surface area contributed by atoms with Gasteiger partial charge in [0, 0.05) is 23.9 Å². The van der Waals surface area contributed by atoms with E-state index in [-0.39, 0.29) is 6.04 Å². The van der Waals surface area contributed by atoms with E-state index < -0.39 is 0 Å². The van der Waals surface area contributed by atoms with E-state index in [9.17, 15) is 0 Å². The lowest BCUT2D eigenvalue weighted by Crippen LogP contribution is -2.22. The molecule has 0 saturated carbocycles. The molecule has 0 bridgehead atoms. The first-order chi connectivity index (χ1) is 8.74. The summed E-state index contributed by atoms with van der Waals surface area (Å²) in [5.41, 5.74) is 2.35. The number of aryl methyl sites for hydroxylation is 2. The number of furan rings is 1. The standard InChI is InChI=1S/C14H21N3O/c1-4-6-15-14(12-7-11(3)18-10-12)13-8-16-17(5-2)9-13/h7-10,14-15H,4-6H2,1-3H3. The number of aromatic nitrogens is 2. The summed E-state index contributed by atoms with van der Waals surface area (Å²) in [6.07, 6.45) is 6.95. The Morgan fingerprint density at radius 2 is 2.22 bits per heavy atom. The number of hydrogen-bond donors (Lipinski definition) is 1. The van der Waals surface area contributed by atoms with E-state index in [1.807, 2.05) is 24.1 Å². The molecule has 0 aliphatic heterocycles. The summed E-state index contributed by atoms with van der Waals surface area (Å²) in [6.45, 7) is 8.10. The molecule has 0 aliphatic rings. The highest BCUT2D eigenvalue weighted by Crippen LogP contribution is 2.23. The van der Waals surface area contributed by atoms with Crippen LogP contribution in [0.1, 0.15) is 43.2 Å². The fraction of sp³-hybridized carbons (Fsp3) is 0.500. The first kappa shape index (κ1) is 12.9. The van der Waals surface area contributed by atoms with E-state index >= 15 is 0 Å². The van der Waals surface area contributed by atoms with Crippen LogP contribution < -0.4 is 5.32 Å². The summed E-state index contributed by atoms with van der Waals surface area (Å²) in [7, 11) is 0. The van der Waals surface area contributed by atoms with Crippen LogP contribution in [-0.2, 0) is 6.54 Å². The highest BCUT2D eigenvalue weighted by molar-refractivity contribution is 5.27. The predicted molar refractivity (Wildman–Crippen MR) is 71.5 cm³/mol. The van der Waals surface area contributed by atoms with Crippen molar-refractivity contribution >= 4 is 0 Å². The maximum absolute atomic E-state index is 5.41. The van der Waals surface area contributed by atoms with Gasteiger partial charge in [-0.25, -0.2) is 0 Å². The Kier molecular flexibility index (Phi) is 4.20. The zero-order valence-electron chi connectivity index (χ0n) is 11.3. The minimum Gasteiger partial charge on any atom is -0.469 e. The topological polar surface area (TPSA) is 43.0 Å². The highest BCUT2D eigenvalue weighted by atomic mass is 16.3. The molecule has 1 atom stereocenters. The summed E-state index contributed by atoms with van der Waals surface area (Å²) in [4.78, 5) is 0. The zero-order chi connectivity index (χ0) is 13.0. The summed E-state index contributed by atoms with van der Waals surface area (Å²) < 4.78 is 7.36. The summed E-state index contributed by atoms with van der Waals surface area (Å²) in [5, 5.41) is 7.88. The summed E-state index contributed by atoms with van der Waals surface area (Å²) in [5.74, 6) is 0.941. The van der Waals surface area contributed by atoms with Crippen LogP contribution in [0.3, 0.4) is 0 Å². The van der Waals surface area contributed by atoms with Gasteiger partial charge < -0.3 is 9.73 Å². The van der Waals surface area contributed by atoms with Crippen molar-refractivity contribution in [3.63, 3.8) is 0 Å². The van der Waals surface area contributed by atoms with Crippen LogP contribution in [0.25, 0.3) is 0 Å². The van der Waals surface area contributed by atoms with Crippen LogP contribution in [0, 0.1) is 6.92 Å². The third-order valence-electron chi connectivity index (χ3n) is 2.99. The summed E-state index contributed by atoms with van der Waals surface area (Å²) in [6, 6.07) is 2.25. The van der Waals surface area contributed by atoms with Gasteiger partial charge in [-0.2, -0.15) is 5.10 Å². The first-order valence-electron chi connectivity index (χ1n) is 6.55. The third kappa shape index (κ3) is 2.82. The van der Waals surface area contributed by atoms with E-state index in [1.54, 1.807) is 0 Å². The number of nitrogens with zero attached hydrogens (tertiary/aromatic N) is 2. The Hall–Kier alpha value is -1.55. The maximum atomic E-state index is 5.41. The number of rotatable bonds is 6. The van der Waals surface area contributed by atoms with Crippen LogP contribution in [0.2, 0.25) is 0 Å². The van der Waals surface area contributed by atoms with Crippen LogP contribution in [0.4, 0.5) is 0 Å². The van der Waals surface area contributed by atoms with Crippen molar-refractivity contribution in [1.29, 1.82) is 0 Å². The second-order valence-corrected chi connectivity index (χ2v) is 4.51. The molecule has 0 aromatic carbocycles. The normalized spacial score (nSPS) is 12.8. The number of hydrogen-bond acceptors (Lipinski definition) is 3. The van der Waals surface area contributed by atoms with Crippen LogP contribution in [0.15, 0.2) is 29.1 Å². The molecule has 2 aromatic heterocycles. The van der Waals surface area contributed by atoms with Gasteiger partial charge in [-0.1, -0.05) is 6.92 Å². The molecule has 0 fully saturated rings. The van der Waals surface area contributed by atoms with E-state index in [2.05, 4.69) is 36.5 Å². The Morgan fingerprint density at radius 3 is 2.78 bits per heavy atom. The molecule has 2 aromatic rings. The van der Waals surface area contributed by atoms with Crippen molar-refractivity contribution in [3.8, 4) is 0 Å². The van der Waals surface area contributed by atoms with Gasteiger partial charge in [-0.3, -0.25) is 4.68 Å². The quantitative estimate of drug-likeness (QED) is 0.853. The van der Waals surface area contributed by atoms with E-state index in [4.69, 9.17) is 4.42 Å². The largest absolute Gasteiger partial charge is 0.469 e. The average Bonchev–Trinajstić information content (AvgIpc) is 2.99. The molecule has 2 heterocycles. The minimum atomic E-state index is 0.169. The van der Waals surface area contributed by atoms with Gasteiger partial charge in [0.05, 0.1) is 18.5 Å². The molecule has 98 valence electrons. The minimum absolute atomic E-state index is 0.169. The van der Waals surface area contributed by atoms with Crippen molar-refractivity contribution < 1.29 is 4.42 Å². The van der Waals surface area contributed by atoms with Crippen LogP contribution in [-0.4, -0.2) is 16.3 Å². The Morgan fingerprint density at radius 1 is 1.39 bits per heavy atom. The van der Waals surface area contributed by atoms with Gasteiger partial charge in [0.2, 0.25) is 0 Å². The molecule has 1 unspecified atom stereocenters. The Bertz CT molecular complexity index is 487. The van der Waals surface area contributed by atoms with E-state index in [1.165, 1.54) is 5.56 Å². The van der Waals surface area contributed by atoms with Gasteiger partial charge in [0.25, 0.3) is 0 Å². The van der Waals surface area contributed by atoms with Gasteiger partial charge in [-0.15, -0.1) is 0 Å². The zero-order valence-corrected chi connectivity index (χ0v) is 11.3. The second-order valence-electron chi connectivity index (χ2n) is 4.51. The molecule has 2 rings (SSSR count).